The fraction of sp³-hybridized carbons (Fsp3) is 0.294. The zero-order valence-corrected chi connectivity index (χ0v) is 13.4. The number of fused-ring (bicyclic) bond motifs is 1. The van der Waals surface area contributed by atoms with Crippen molar-refractivity contribution >= 4 is 15.7 Å². The van der Waals surface area contributed by atoms with E-state index in [-0.39, 0.29) is 0 Å². The van der Waals surface area contributed by atoms with Crippen LogP contribution in [0.25, 0.3) is 0 Å². The predicted octanol–water partition coefficient (Wildman–Crippen LogP) is 2.48. The largest absolute Gasteiger partial charge is 0.316 e. The Morgan fingerprint density at radius 1 is 0.955 bits per heavy atom. The van der Waals surface area contributed by atoms with E-state index in [1.165, 1.54) is 5.56 Å². The van der Waals surface area contributed by atoms with Crippen LogP contribution in [0, 0.1) is 6.92 Å². The van der Waals surface area contributed by atoms with Gasteiger partial charge < -0.3 is 5.32 Å². The minimum Gasteiger partial charge on any atom is -0.316 e. The van der Waals surface area contributed by atoms with Gasteiger partial charge >= 0.3 is 0 Å². The summed E-state index contributed by atoms with van der Waals surface area (Å²) in [6.07, 6.45) is 1.81. The van der Waals surface area contributed by atoms with Gasteiger partial charge in [0.1, 0.15) is 0 Å². The minimum atomic E-state index is -3.54. The number of hydrogen-bond acceptors (Lipinski definition) is 3. The molecule has 0 saturated heterocycles. The molecule has 2 aromatic carbocycles. The van der Waals surface area contributed by atoms with Gasteiger partial charge in [-0.15, -0.1) is 0 Å². The SMILES string of the molecule is Cc1ccc(NS(=O)(=O)c2ccc3c(c2)CCNCC3)cc1. The molecule has 0 aliphatic carbocycles. The average Bonchev–Trinajstić information content (AvgIpc) is 2.74. The summed E-state index contributed by atoms with van der Waals surface area (Å²) >= 11 is 0. The first-order valence-corrected chi connectivity index (χ1v) is 8.95. The van der Waals surface area contributed by atoms with Gasteiger partial charge in [-0.25, -0.2) is 8.42 Å². The highest BCUT2D eigenvalue weighted by Crippen LogP contribution is 2.21. The van der Waals surface area contributed by atoms with Gasteiger partial charge in [-0.1, -0.05) is 23.8 Å². The second kappa shape index (κ2) is 6.10. The van der Waals surface area contributed by atoms with Crippen LogP contribution in [0.15, 0.2) is 47.4 Å². The lowest BCUT2D eigenvalue weighted by atomic mass is 10.0. The molecule has 1 aliphatic heterocycles. The molecule has 2 N–H and O–H groups in total. The molecule has 0 spiro atoms. The van der Waals surface area contributed by atoms with E-state index in [2.05, 4.69) is 10.0 Å². The minimum absolute atomic E-state index is 0.328. The van der Waals surface area contributed by atoms with Crippen LogP contribution in [0.1, 0.15) is 16.7 Å². The van der Waals surface area contributed by atoms with Crippen molar-refractivity contribution in [2.24, 2.45) is 0 Å². The summed E-state index contributed by atoms with van der Waals surface area (Å²) in [6.45, 7) is 3.81. The highest BCUT2D eigenvalue weighted by Gasteiger charge is 2.17. The molecule has 3 rings (SSSR count). The first-order chi connectivity index (χ1) is 10.5. The predicted molar refractivity (Wildman–Crippen MR) is 88.7 cm³/mol. The van der Waals surface area contributed by atoms with Gasteiger partial charge in [0.2, 0.25) is 0 Å². The van der Waals surface area contributed by atoms with Crippen LogP contribution < -0.4 is 10.0 Å². The molecule has 22 heavy (non-hydrogen) atoms. The van der Waals surface area contributed by atoms with E-state index in [9.17, 15) is 8.42 Å². The molecule has 116 valence electrons. The maximum Gasteiger partial charge on any atom is 0.261 e. The molecule has 1 heterocycles. The maximum atomic E-state index is 12.5. The third kappa shape index (κ3) is 3.31. The number of benzene rings is 2. The second-order valence-electron chi connectivity index (χ2n) is 5.65. The zero-order chi connectivity index (χ0) is 15.6. The molecule has 0 fully saturated rings. The summed E-state index contributed by atoms with van der Waals surface area (Å²) < 4.78 is 27.7. The molecule has 0 amide bonds. The summed E-state index contributed by atoms with van der Waals surface area (Å²) in [7, 11) is -3.54. The standard InChI is InChI=1S/C17H20N2O2S/c1-13-2-5-16(6-3-13)19-22(20,21)17-7-4-14-8-10-18-11-9-15(14)12-17/h2-7,12,18-19H,8-11H2,1H3. The Morgan fingerprint density at radius 2 is 1.64 bits per heavy atom. The van der Waals surface area contributed by atoms with Crippen molar-refractivity contribution in [1.29, 1.82) is 0 Å². The van der Waals surface area contributed by atoms with E-state index in [0.29, 0.717) is 10.6 Å². The Morgan fingerprint density at radius 3 is 2.36 bits per heavy atom. The lowest BCUT2D eigenvalue weighted by Gasteiger charge is -2.11. The van der Waals surface area contributed by atoms with E-state index in [1.807, 2.05) is 25.1 Å². The zero-order valence-electron chi connectivity index (χ0n) is 12.6. The van der Waals surface area contributed by atoms with Gasteiger partial charge in [0, 0.05) is 5.69 Å². The van der Waals surface area contributed by atoms with E-state index < -0.39 is 10.0 Å². The van der Waals surface area contributed by atoms with E-state index >= 15 is 0 Å². The number of nitrogens with one attached hydrogen (secondary N) is 2. The van der Waals surface area contributed by atoms with Gasteiger partial charge in [-0.3, -0.25) is 4.72 Å². The number of aryl methyl sites for hydroxylation is 1. The van der Waals surface area contributed by atoms with Crippen molar-refractivity contribution in [3.05, 3.63) is 59.2 Å². The summed E-state index contributed by atoms with van der Waals surface area (Å²) in [6, 6.07) is 12.8. The van der Waals surface area contributed by atoms with Crippen LogP contribution in [0.3, 0.4) is 0 Å². The highest BCUT2D eigenvalue weighted by atomic mass is 32.2. The van der Waals surface area contributed by atoms with Crippen LogP contribution in [0.4, 0.5) is 5.69 Å². The molecule has 1 aliphatic rings. The molecular weight excluding hydrogens is 296 g/mol. The van der Waals surface area contributed by atoms with E-state index in [1.54, 1.807) is 24.3 Å². The summed E-state index contributed by atoms with van der Waals surface area (Å²) in [4.78, 5) is 0.328. The molecule has 4 nitrogen and oxygen atoms in total. The van der Waals surface area contributed by atoms with Crippen LogP contribution in [0.5, 0.6) is 0 Å². The summed E-state index contributed by atoms with van der Waals surface area (Å²) in [5.74, 6) is 0. The smallest absolute Gasteiger partial charge is 0.261 e. The van der Waals surface area contributed by atoms with Crippen molar-refractivity contribution in [2.75, 3.05) is 17.8 Å². The van der Waals surface area contributed by atoms with Gasteiger partial charge in [0.15, 0.2) is 0 Å². The normalized spacial score (nSPS) is 15.0. The summed E-state index contributed by atoms with van der Waals surface area (Å²) in [5, 5.41) is 3.33. The van der Waals surface area contributed by atoms with Crippen LogP contribution in [-0.2, 0) is 22.9 Å². The summed E-state index contributed by atoms with van der Waals surface area (Å²) in [5.41, 5.74) is 4.04. The number of hydrogen-bond donors (Lipinski definition) is 2. The van der Waals surface area contributed by atoms with Gasteiger partial charge in [-0.05, 0) is 68.2 Å². The lowest BCUT2D eigenvalue weighted by Crippen LogP contribution is -2.16. The lowest BCUT2D eigenvalue weighted by molar-refractivity contribution is 0.601. The van der Waals surface area contributed by atoms with Crippen LogP contribution in [-0.4, -0.2) is 21.5 Å². The number of anilines is 1. The second-order valence-corrected chi connectivity index (χ2v) is 7.33. The Bertz CT molecular complexity index is 768. The molecule has 5 heteroatoms. The van der Waals surface area contributed by atoms with Gasteiger partial charge in [-0.2, -0.15) is 0 Å². The van der Waals surface area contributed by atoms with E-state index in [0.717, 1.165) is 37.1 Å². The monoisotopic (exact) mass is 316 g/mol. The Kier molecular flexibility index (Phi) is 4.18. The molecular formula is C17H20N2O2S. The fourth-order valence-corrected chi connectivity index (χ4v) is 3.76. The fourth-order valence-electron chi connectivity index (χ4n) is 2.65. The molecule has 0 atom stereocenters. The average molecular weight is 316 g/mol. The first kappa shape index (κ1) is 15.1. The topological polar surface area (TPSA) is 58.2 Å². The van der Waals surface area contributed by atoms with Crippen molar-refractivity contribution in [3.8, 4) is 0 Å². The maximum absolute atomic E-state index is 12.5. The Labute approximate surface area is 131 Å². The molecule has 2 aromatic rings. The Balaban J connectivity index is 1.88. The van der Waals surface area contributed by atoms with Crippen LogP contribution >= 0.6 is 0 Å². The van der Waals surface area contributed by atoms with Gasteiger partial charge in [0.05, 0.1) is 4.90 Å². The van der Waals surface area contributed by atoms with E-state index in [4.69, 9.17) is 0 Å². The number of sulfonamides is 1. The number of rotatable bonds is 3. The molecule has 0 unspecified atom stereocenters. The molecule has 0 bridgehead atoms. The molecule has 0 aromatic heterocycles. The Hall–Kier alpha value is -1.85. The third-order valence-electron chi connectivity index (χ3n) is 3.93. The molecule has 0 radical (unpaired) electrons. The van der Waals surface area contributed by atoms with Crippen molar-refractivity contribution in [3.63, 3.8) is 0 Å². The first-order valence-electron chi connectivity index (χ1n) is 7.47. The third-order valence-corrected chi connectivity index (χ3v) is 5.31. The van der Waals surface area contributed by atoms with Crippen molar-refractivity contribution in [1.82, 2.24) is 5.32 Å². The van der Waals surface area contributed by atoms with Crippen molar-refractivity contribution < 1.29 is 8.42 Å². The van der Waals surface area contributed by atoms with Gasteiger partial charge in [0.25, 0.3) is 10.0 Å². The molecule has 0 saturated carbocycles. The quantitative estimate of drug-likeness (QED) is 0.914. The van der Waals surface area contributed by atoms with Crippen LogP contribution in [0.2, 0.25) is 0 Å². The van der Waals surface area contributed by atoms with Crippen molar-refractivity contribution in [2.45, 2.75) is 24.7 Å². The highest BCUT2D eigenvalue weighted by molar-refractivity contribution is 7.92.